The second kappa shape index (κ2) is 8.78. The minimum atomic E-state index is -0.604. The van der Waals surface area contributed by atoms with E-state index < -0.39 is 11.7 Å². The van der Waals surface area contributed by atoms with Crippen LogP contribution in [0.2, 0.25) is 0 Å². The van der Waals surface area contributed by atoms with Gasteiger partial charge in [0.15, 0.2) is 5.82 Å². The minimum Gasteiger partial charge on any atom is -0.495 e. The van der Waals surface area contributed by atoms with Crippen molar-refractivity contribution in [3.63, 3.8) is 0 Å². The monoisotopic (exact) mass is 453 g/mol. The normalized spacial score (nSPS) is 18.3. The fourth-order valence-electron chi connectivity index (χ4n) is 4.12. The Morgan fingerprint density at radius 1 is 1.24 bits per heavy atom. The van der Waals surface area contributed by atoms with Gasteiger partial charge >= 0.3 is 6.09 Å². The second-order valence-electron chi connectivity index (χ2n) is 9.31. The summed E-state index contributed by atoms with van der Waals surface area (Å²) in [5.74, 6) is 1.68. The Hall–Kier alpha value is -3.53. The van der Waals surface area contributed by atoms with Crippen molar-refractivity contribution in [1.29, 1.82) is 0 Å². The quantitative estimate of drug-likeness (QED) is 0.459. The number of anilines is 3. The summed E-state index contributed by atoms with van der Waals surface area (Å²) in [4.78, 5) is 16.4. The van der Waals surface area contributed by atoms with Crippen molar-refractivity contribution in [2.45, 2.75) is 57.7 Å². The molecule has 0 radical (unpaired) electrons. The molecule has 6 N–H and O–H groups in total. The van der Waals surface area contributed by atoms with Gasteiger partial charge in [0.2, 0.25) is 0 Å². The maximum atomic E-state index is 12.2. The lowest BCUT2D eigenvalue weighted by Crippen LogP contribution is -2.27. The van der Waals surface area contributed by atoms with Crippen LogP contribution < -0.4 is 26.8 Å². The number of carbonyl (C=O) groups excluding carboxylic acids is 1. The van der Waals surface area contributed by atoms with Crippen LogP contribution in [0.15, 0.2) is 30.6 Å². The number of nitrogens with zero attached hydrogens (tertiary/aromatic N) is 3. The van der Waals surface area contributed by atoms with Crippen molar-refractivity contribution in [3.05, 3.63) is 30.6 Å². The number of methoxy groups -OCH3 is 1. The predicted octanol–water partition coefficient (Wildman–Crippen LogP) is 3.63. The van der Waals surface area contributed by atoms with E-state index in [0.29, 0.717) is 22.8 Å². The van der Waals surface area contributed by atoms with E-state index in [-0.39, 0.29) is 12.1 Å². The van der Waals surface area contributed by atoms with E-state index >= 15 is 0 Å². The Balaban J connectivity index is 1.69. The Morgan fingerprint density at radius 3 is 2.70 bits per heavy atom. The molecule has 2 atom stereocenters. The predicted molar refractivity (Wildman–Crippen MR) is 128 cm³/mol. The number of benzene rings is 1. The number of aromatic nitrogens is 3. The molecule has 3 aromatic rings. The van der Waals surface area contributed by atoms with Crippen molar-refractivity contribution < 1.29 is 14.3 Å². The van der Waals surface area contributed by atoms with Crippen LogP contribution in [0, 0.1) is 0 Å². The van der Waals surface area contributed by atoms with Crippen molar-refractivity contribution in [2.75, 3.05) is 23.5 Å². The number of carbonyl (C=O) groups is 1. The van der Waals surface area contributed by atoms with Crippen LogP contribution in [-0.2, 0) is 4.74 Å². The number of hydrogen-bond donors (Lipinski definition) is 4. The van der Waals surface area contributed by atoms with E-state index in [1.165, 1.54) is 6.33 Å². The summed E-state index contributed by atoms with van der Waals surface area (Å²) in [7, 11) is 1.55. The van der Waals surface area contributed by atoms with Gasteiger partial charge in [-0.25, -0.2) is 14.3 Å². The number of rotatable bonds is 5. The first-order chi connectivity index (χ1) is 15.6. The molecular weight excluding hydrogens is 422 g/mol. The molecule has 10 heteroatoms. The molecule has 0 bridgehead atoms. The Bertz CT molecular complexity index is 1170. The number of nitrogens with one attached hydrogen (secondary N) is 2. The van der Waals surface area contributed by atoms with Crippen LogP contribution in [0.5, 0.6) is 5.75 Å². The minimum absolute atomic E-state index is 0.210. The van der Waals surface area contributed by atoms with E-state index in [1.54, 1.807) is 17.7 Å². The molecule has 1 amide bonds. The van der Waals surface area contributed by atoms with Crippen LogP contribution in [0.1, 0.15) is 40.0 Å². The van der Waals surface area contributed by atoms with Crippen LogP contribution in [0.25, 0.3) is 16.6 Å². The number of amides is 1. The maximum absolute atomic E-state index is 12.2. The average molecular weight is 454 g/mol. The lowest BCUT2D eigenvalue weighted by atomic mass is 10.1. The molecule has 1 aliphatic rings. The zero-order chi connectivity index (χ0) is 23.8. The Labute approximate surface area is 192 Å². The maximum Gasteiger partial charge on any atom is 0.412 e. The van der Waals surface area contributed by atoms with Gasteiger partial charge in [-0.05, 0) is 63.8 Å². The number of nitrogens with two attached hydrogens (primary N) is 2. The van der Waals surface area contributed by atoms with Gasteiger partial charge in [-0.3, -0.25) is 5.32 Å². The Morgan fingerprint density at radius 2 is 2.03 bits per heavy atom. The van der Waals surface area contributed by atoms with Gasteiger partial charge in [-0.2, -0.15) is 5.10 Å². The first-order valence-electron chi connectivity index (χ1n) is 11.0. The molecule has 2 aromatic heterocycles. The highest BCUT2D eigenvalue weighted by Crippen LogP contribution is 2.37. The summed E-state index contributed by atoms with van der Waals surface area (Å²) in [5, 5.41) is 10.7. The average Bonchev–Trinajstić information content (AvgIpc) is 3.31. The summed E-state index contributed by atoms with van der Waals surface area (Å²) in [5.41, 5.74) is 14.6. The van der Waals surface area contributed by atoms with Crippen molar-refractivity contribution in [2.24, 2.45) is 5.73 Å². The molecule has 0 unspecified atom stereocenters. The van der Waals surface area contributed by atoms with Crippen molar-refractivity contribution in [1.82, 2.24) is 14.6 Å². The van der Waals surface area contributed by atoms with E-state index in [2.05, 4.69) is 20.7 Å². The number of hydrogen-bond acceptors (Lipinski definition) is 8. The van der Waals surface area contributed by atoms with Crippen molar-refractivity contribution in [3.8, 4) is 16.9 Å². The van der Waals surface area contributed by atoms with Crippen molar-refractivity contribution >= 4 is 28.9 Å². The summed E-state index contributed by atoms with van der Waals surface area (Å²) < 4.78 is 12.6. The molecule has 0 saturated heterocycles. The van der Waals surface area contributed by atoms with Gasteiger partial charge in [0.25, 0.3) is 0 Å². The number of fused-ring (bicyclic) bond motifs is 1. The zero-order valence-corrected chi connectivity index (χ0v) is 19.4. The van der Waals surface area contributed by atoms with Gasteiger partial charge in [-0.15, -0.1) is 0 Å². The molecule has 1 aliphatic carbocycles. The van der Waals surface area contributed by atoms with Gasteiger partial charge in [0.05, 0.1) is 12.8 Å². The van der Waals surface area contributed by atoms with Gasteiger partial charge in [0.1, 0.15) is 29.0 Å². The lowest BCUT2D eigenvalue weighted by Gasteiger charge is -2.20. The van der Waals surface area contributed by atoms with Crippen LogP contribution in [-0.4, -0.2) is 45.5 Å². The fraction of sp³-hybridized carbons (Fsp3) is 0.435. The van der Waals surface area contributed by atoms with E-state index in [0.717, 1.165) is 36.2 Å². The number of nitrogen functional groups attached to an aromatic ring is 1. The van der Waals surface area contributed by atoms with E-state index in [4.69, 9.17) is 20.9 Å². The molecule has 176 valence electrons. The zero-order valence-electron chi connectivity index (χ0n) is 19.4. The second-order valence-corrected chi connectivity index (χ2v) is 9.31. The fourth-order valence-corrected chi connectivity index (χ4v) is 4.12. The molecule has 2 heterocycles. The molecule has 1 fully saturated rings. The Kier molecular flexibility index (Phi) is 6.03. The molecular formula is C23H31N7O3. The first-order valence-corrected chi connectivity index (χ1v) is 11.0. The largest absolute Gasteiger partial charge is 0.495 e. The molecule has 1 aromatic carbocycles. The molecule has 33 heavy (non-hydrogen) atoms. The highest BCUT2D eigenvalue weighted by Gasteiger charge is 2.24. The topological polar surface area (TPSA) is 142 Å². The summed E-state index contributed by atoms with van der Waals surface area (Å²) in [6, 6.07) is 7.97. The standard InChI is InChI=1S/C23H31N7O3/c1-23(2,3)33-22(31)29-17-8-5-13(9-18(17)32-4)16-11-19(28-15-7-6-14(24)10-15)30-20(16)21(25)26-12-27-30/h5,8-9,11-12,14-15,28H,6-7,10,24H2,1-4H3,(H,29,31)(H2,25,26,27)/t14-,15+/m1/s1. The highest BCUT2D eigenvalue weighted by atomic mass is 16.6. The smallest absolute Gasteiger partial charge is 0.412 e. The van der Waals surface area contributed by atoms with Crippen LogP contribution in [0.3, 0.4) is 0 Å². The molecule has 1 saturated carbocycles. The van der Waals surface area contributed by atoms with E-state index in [1.807, 2.05) is 39.0 Å². The van der Waals surface area contributed by atoms with E-state index in [9.17, 15) is 4.79 Å². The molecule has 4 rings (SSSR count). The van der Waals surface area contributed by atoms with Crippen LogP contribution >= 0.6 is 0 Å². The summed E-state index contributed by atoms with van der Waals surface area (Å²) >= 11 is 0. The highest BCUT2D eigenvalue weighted by molar-refractivity contribution is 5.93. The summed E-state index contributed by atoms with van der Waals surface area (Å²) in [6.45, 7) is 5.42. The summed E-state index contributed by atoms with van der Waals surface area (Å²) in [6.07, 6.45) is 3.78. The first kappa shape index (κ1) is 22.7. The third-order valence-corrected chi connectivity index (χ3v) is 5.56. The third kappa shape index (κ3) is 4.95. The van der Waals surface area contributed by atoms with Gasteiger partial charge < -0.3 is 26.3 Å². The third-order valence-electron chi connectivity index (χ3n) is 5.56. The molecule has 0 aliphatic heterocycles. The van der Waals surface area contributed by atoms with Crippen LogP contribution in [0.4, 0.5) is 22.1 Å². The number of ether oxygens (including phenoxy) is 2. The SMILES string of the molecule is COc1cc(-c2cc(N[C@H]3CC[C@@H](N)C3)n3ncnc(N)c23)ccc1NC(=O)OC(C)(C)C. The van der Waals surface area contributed by atoms with Gasteiger partial charge in [0, 0.05) is 17.6 Å². The van der Waals surface area contributed by atoms with Gasteiger partial charge in [-0.1, -0.05) is 6.07 Å². The molecule has 10 nitrogen and oxygen atoms in total. The molecule has 0 spiro atoms. The lowest BCUT2D eigenvalue weighted by molar-refractivity contribution is 0.0635.